The van der Waals surface area contributed by atoms with Crippen LogP contribution in [0.4, 0.5) is 4.79 Å². The van der Waals surface area contributed by atoms with Crippen molar-refractivity contribution in [3.8, 4) is 0 Å². The summed E-state index contributed by atoms with van der Waals surface area (Å²) in [4.78, 5) is 16.7. The Morgan fingerprint density at radius 3 is 2.38 bits per heavy atom. The Hall–Kier alpha value is -1.56. The van der Waals surface area contributed by atoms with E-state index in [1.54, 1.807) is 0 Å². The van der Waals surface area contributed by atoms with Crippen LogP contribution in [0.1, 0.15) is 52.5 Å². The van der Waals surface area contributed by atoms with Crippen LogP contribution in [0.2, 0.25) is 0 Å². The molecule has 3 heterocycles. The van der Waals surface area contributed by atoms with Crippen molar-refractivity contribution in [1.29, 1.82) is 0 Å². The Labute approximate surface area is 144 Å². The first-order chi connectivity index (χ1) is 11.6. The van der Waals surface area contributed by atoms with Crippen molar-refractivity contribution in [3.05, 3.63) is 18.5 Å². The van der Waals surface area contributed by atoms with Gasteiger partial charge in [0.15, 0.2) is 0 Å². The molecule has 6 heteroatoms. The highest BCUT2D eigenvalue weighted by Gasteiger charge is 2.38. The van der Waals surface area contributed by atoms with Crippen LogP contribution in [-0.4, -0.2) is 63.5 Å². The molecule has 2 saturated heterocycles. The maximum absolute atomic E-state index is 12.2. The first-order valence-electron chi connectivity index (χ1n) is 9.28. The molecule has 2 aliphatic heterocycles. The Kier molecular flexibility index (Phi) is 5.43. The van der Waals surface area contributed by atoms with Crippen LogP contribution in [0.5, 0.6) is 0 Å². The third kappa shape index (κ3) is 3.58. The van der Waals surface area contributed by atoms with Gasteiger partial charge in [0.05, 0.1) is 12.6 Å². The van der Waals surface area contributed by atoms with Crippen molar-refractivity contribution >= 4 is 6.09 Å². The second-order valence-corrected chi connectivity index (χ2v) is 7.18. The molecule has 1 aromatic heterocycles. The fourth-order valence-corrected chi connectivity index (χ4v) is 4.41. The van der Waals surface area contributed by atoms with E-state index in [4.69, 9.17) is 4.74 Å². The first-order valence-corrected chi connectivity index (χ1v) is 9.28. The number of carbonyl (C=O) groups is 1. The van der Waals surface area contributed by atoms with Crippen LogP contribution >= 0.6 is 0 Å². The second kappa shape index (κ2) is 7.55. The van der Waals surface area contributed by atoms with Crippen molar-refractivity contribution < 1.29 is 9.53 Å². The zero-order valence-electron chi connectivity index (χ0n) is 15.1. The molecule has 0 aliphatic carbocycles. The number of carbonyl (C=O) groups excluding carboxylic acids is 1. The lowest BCUT2D eigenvalue weighted by Gasteiger charge is -2.47. The Morgan fingerprint density at radius 1 is 1.17 bits per heavy atom. The van der Waals surface area contributed by atoms with Gasteiger partial charge in [-0.1, -0.05) is 0 Å². The van der Waals surface area contributed by atoms with E-state index in [2.05, 4.69) is 34.7 Å². The second-order valence-electron chi connectivity index (χ2n) is 7.18. The molecule has 2 atom stereocenters. The zero-order chi connectivity index (χ0) is 17.1. The molecule has 0 aromatic carbocycles. The van der Waals surface area contributed by atoms with E-state index < -0.39 is 0 Å². The molecule has 0 saturated carbocycles. The van der Waals surface area contributed by atoms with Crippen LogP contribution in [0.15, 0.2) is 18.5 Å². The summed E-state index contributed by atoms with van der Waals surface area (Å²) in [5.41, 5.74) is 0. The number of amides is 1. The van der Waals surface area contributed by atoms with E-state index in [9.17, 15) is 4.79 Å². The number of piperidine rings is 2. The molecule has 0 radical (unpaired) electrons. The van der Waals surface area contributed by atoms with E-state index in [0.717, 1.165) is 38.8 Å². The van der Waals surface area contributed by atoms with Gasteiger partial charge in [0.2, 0.25) is 0 Å². The van der Waals surface area contributed by atoms with E-state index in [1.807, 2.05) is 24.1 Å². The maximum atomic E-state index is 12.2. The summed E-state index contributed by atoms with van der Waals surface area (Å²) in [6.45, 7) is 8.84. The molecule has 0 spiro atoms. The average molecular weight is 334 g/mol. The molecule has 0 N–H and O–H groups in total. The van der Waals surface area contributed by atoms with Gasteiger partial charge in [0.1, 0.15) is 0 Å². The molecule has 3 rings (SSSR count). The minimum absolute atomic E-state index is 0.159. The zero-order valence-corrected chi connectivity index (χ0v) is 15.1. The molecular weight excluding hydrogens is 304 g/mol. The van der Waals surface area contributed by atoms with Crippen LogP contribution in [0.3, 0.4) is 0 Å². The topological polar surface area (TPSA) is 50.6 Å². The number of hydrogen-bond acceptors (Lipinski definition) is 4. The van der Waals surface area contributed by atoms with Crippen molar-refractivity contribution in [2.24, 2.45) is 0 Å². The van der Waals surface area contributed by atoms with Crippen LogP contribution in [0, 0.1) is 0 Å². The highest BCUT2D eigenvalue weighted by Crippen LogP contribution is 2.31. The molecule has 24 heavy (non-hydrogen) atoms. The van der Waals surface area contributed by atoms with E-state index >= 15 is 0 Å². The van der Waals surface area contributed by atoms with E-state index in [1.165, 1.54) is 0 Å². The Morgan fingerprint density at radius 2 is 1.83 bits per heavy atom. The minimum atomic E-state index is -0.159. The van der Waals surface area contributed by atoms with Crippen molar-refractivity contribution in [3.63, 3.8) is 0 Å². The normalized spacial score (nSPS) is 29.6. The molecule has 0 bridgehead atoms. The Bertz CT molecular complexity index is 513. The molecule has 2 fully saturated rings. The summed E-state index contributed by atoms with van der Waals surface area (Å²) in [5.74, 6) is 0. The molecule has 134 valence electrons. The molecule has 2 aliphatic rings. The van der Waals surface area contributed by atoms with Gasteiger partial charge in [-0.25, -0.2) is 4.79 Å². The molecule has 2 unspecified atom stereocenters. The van der Waals surface area contributed by atoms with E-state index in [0.29, 0.717) is 18.7 Å². The fraction of sp³-hybridized carbons (Fsp3) is 0.778. The highest BCUT2D eigenvalue weighted by molar-refractivity contribution is 5.68. The summed E-state index contributed by atoms with van der Waals surface area (Å²) in [6.07, 6.45) is 8.16. The number of rotatable bonds is 3. The van der Waals surface area contributed by atoms with Gasteiger partial charge < -0.3 is 14.5 Å². The summed E-state index contributed by atoms with van der Waals surface area (Å²) >= 11 is 0. The summed E-state index contributed by atoms with van der Waals surface area (Å²) in [7, 11) is 0. The van der Waals surface area contributed by atoms with Gasteiger partial charge in [0.25, 0.3) is 0 Å². The standard InChI is InChI=1S/C18H30N4O2/c1-4-24-18(23)22-14(2)12-17(13-15(22)3)20-10-6-16(7-11-20)21-9-5-8-19-21/h5,8-9,14-17H,4,6-7,10-13H2,1-3H3. The molecule has 1 aromatic rings. The predicted octanol–water partition coefficient (Wildman–Crippen LogP) is 2.92. The Balaban J connectivity index is 1.55. The van der Waals surface area contributed by atoms with Gasteiger partial charge in [-0.05, 0) is 52.5 Å². The van der Waals surface area contributed by atoms with Gasteiger partial charge in [-0.2, -0.15) is 5.10 Å². The number of aromatic nitrogens is 2. The van der Waals surface area contributed by atoms with Gasteiger partial charge in [-0.15, -0.1) is 0 Å². The first kappa shape index (κ1) is 17.3. The lowest BCUT2D eigenvalue weighted by Crippen LogP contribution is -2.56. The predicted molar refractivity (Wildman–Crippen MR) is 92.9 cm³/mol. The summed E-state index contributed by atoms with van der Waals surface area (Å²) in [5, 5.41) is 4.39. The van der Waals surface area contributed by atoms with Crippen LogP contribution < -0.4 is 0 Å². The lowest BCUT2D eigenvalue weighted by atomic mass is 9.90. The highest BCUT2D eigenvalue weighted by atomic mass is 16.6. The number of likely N-dealkylation sites (tertiary alicyclic amines) is 2. The summed E-state index contributed by atoms with van der Waals surface area (Å²) in [6, 6.07) is 3.58. The van der Waals surface area contributed by atoms with Crippen LogP contribution in [-0.2, 0) is 4.74 Å². The molecule has 6 nitrogen and oxygen atoms in total. The number of nitrogens with zero attached hydrogens (tertiary/aromatic N) is 4. The quantitative estimate of drug-likeness (QED) is 0.853. The van der Waals surface area contributed by atoms with Crippen molar-refractivity contribution in [2.75, 3.05) is 19.7 Å². The smallest absolute Gasteiger partial charge is 0.410 e. The monoisotopic (exact) mass is 334 g/mol. The molecule has 1 amide bonds. The van der Waals surface area contributed by atoms with Crippen LogP contribution in [0.25, 0.3) is 0 Å². The number of hydrogen-bond donors (Lipinski definition) is 0. The fourth-order valence-electron chi connectivity index (χ4n) is 4.41. The van der Waals surface area contributed by atoms with Gasteiger partial charge in [0, 0.05) is 43.6 Å². The third-order valence-electron chi connectivity index (χ3n) is 5.57. The minimum Gasteiger partial charge on any atom is -0.450 e. The van der Waals surface area contributed by atoms with Crippen molar-refractivity contribution in [1.82, 2.24) is 19.6 Å². The average Bonchev–Trinajstić information content (AvgIpc) is 3.09. The largest absolute Gasteiger partial charge is 0.450 e. The van der Waals surface area contributed by atoms with Gasteiger partial charge in [-0.3, -0.25) is 4.68 Å². The van der Waals surface area contributed by atoms with Gasteiger partial charge >= 0.3 is 6.09 Å². The SMILES string of the molecule is CCOC(=O)N1C(C)CC(N2CCC(n3cccn3)CC2)CC1C. The van der Waals surface area contributed by atoms with E-state index in [-0.39, 0.29) is 18.2 Å². The molecular formula is C18H30N4O2. The lowest BCUT2D eigenvalue weighted by molar-refractivity contribution is 0.0152. The number of ether oxygens (including phenoxy) is 1. The third-order valence-corrected chi connectivity index (χ3v) is 5.57. The van der Waals surface area contributed by atoms with Crippen molar-refractivity contribution in [2.45, 2.75) is 70.6 Å². The maximum Gasteiger partial charge on any atom is 0.410 e. The summed E-state index contributed by atoms with van der Waals surface area (Å²) < 4.78 is 7.33.